The van der Waals surface area contributed by atoms with Gasteiger partial charge < -0.3 is 9.72 Å². The van der Waals surface area contributed by atoms with Gasteiger partial charge in [0.15, 0.2) is 6.29 Å². The van der Waals surface area contributed by atoms with E-state index in [1.807, 2.05) is 6.92 Å². The molecular weight excluding hydrogens is 209 g/mol. The highest BCUT2D eigenvalue weighted by Crippen LogP contribution is 2.21. The van der Waals surface area contributed by atoms with Gasteiger partial charge >= 0.3 is 0 Å². The number of hydrogen-bond donors (Lipinski definition) is 1. The maximum absolute atomic E-state index is 12.7. The molecule has 0 unspecified atom stereocenters. The van der Waals surface area contributed by atoms with Crippen molar-refractivity contribution in [3.8, 4) is 0 Å². The molecule has 1 aliphatic rings. The van der Waals surface area contributed by atoms with Crippen molar-refractivity contribution in [3.05, 3.63) is 34.9 Å². The first-order chi connectivity index (χ1) is 7.71. The molecule has 0 atom stereocenters. The first-order valence-corrected chi connectivity index (χ1v) is 5.20. The van der Waals surface area contributed by atoms with Crippen LogP contribution in [-0.2, 0) is 17.6 Å². The average Bonchev–Trinajstić information content (AvgIpc) is 2.71. The smallest absolute Gasteiger partial charge is 0.166 e. The molecule has 0 aromatic carbocycles. The fourth-order valence-corrected chi connectivity index (χ4v) is 1.44. The number of H-pyrrole nitrogens is 1. The number of hydrogen-bond acceptors (Lipinski definition) is 2. The molecule has 2 rings (SSSR count). The second kappa shape index (κ2) is 6.23. The maximum Gasteiger partial charge on any atom is 0.166 e. The minimum Gasteiger partial charge on any atom is -0.385 e. The van der Waals surface area contributed by atoms with Crippen molar-refractivity contribution in [1.82, 2.24) is 4.98 Å². The lowest BCUT2D eigenvalue weighted by atomic mass is 10.0. The number of carbonyl (C=O) groups is 1. The molecule has 0 fully saturated rings. The van der Waals surface area contributed by atoms with Gasteiger partial charge in [0.05, 0.1) is 5.69 Å². The average molecular weight is 225 g/mol. The minimum atomic E-state index is -0.112. The van der Waals surface area contributed by atoms with Crippen LogP contribution in [0.3, 0.4) is 0 Å². The highest BCUT2D eigenvalue weighted by atomic mass is 19.1. The first-order valence-electron chi connectivity index (χ1n) is 5.20. The van der Waals surface area contributed by atoms with Crippen molar-refractivity contribution in [2.75, 3.05) is 13.7 Å². The van der Waals surface area contributed by atoms with Crippen molar-refractivity contribution < 1.29 is 13.9 Å². The molecule has 1 N–H and O–H groups in total. The lowest BCUT2D eigenvalue weighted by molar-refractivity contribution is 0.111. The van der Waals surface area contributed by atoms with Gasteiger partial charge in [0.25, 0.3) is 0 Å². The predicted octanol–water partition coefficient (Wildman–Crippen LogP) is 2.43. The van der Waals surface area contributed by atoms with Crippen LogP contribution < -0.4 is 0 Å². The Hall–Kier alpha value is -1.42. The van der Waals surface area contributed by atoms with Crippen LogP contribution in [0.2, 0.25) is 0 Å². The standard InChI is InChI=1S/C9H8FNO.C3H8O/c10-7-1-2-9-6(3-7)4-8(5-12)11-9;1-3-4-2/h1,4-5,11H,2-3H2;3H2,1-2H3. The molecule has 0 saturated heterocycles. The number of methoxy groups -OCH3 is 1. The Morgan fingerprint density at radius 2 is 2.31 bits per heavy atom. The van der Waals surface area contributed by atoms with Crippen molar-refractivity contribution in [1.29, 1.82) is 0 Å². The molecule has 0 radical (unpaired) electrons. The summed E-state index contributed by atoms with van der Waals surface area (Å²) in [6.45, 7) is 2.78. The summed E-state index contributed by atoms with van der Waals surface area (Å²) in [5.74, 6) is -0.112. The number of nitrogens with one attached hydrogen (secondary N) is 1. The zero-order valence-electron chi connectivity index (χ0n) is 9.55. The van der Waals surface area contributed by atoms with E-state index in [0.717, 1.165) is 24.2 Å². The number of allylic oxidation sites excluding steroid dienone is 2. The van der Waals surface area contributed by atoms with Crippen LogP contribution in [0.15, 0.2) is 18.0 Å². The molecule has 16 heavy (non-hydrogen) atoms. The molecule has 4 heteroatoms. The summed E-state index contributed by atoms with van der Waals surface area (Å²) < 4.78 is 17.3. The number of rotatable bonds is 2. The number of carbonyl (C=O) groups excluding carboxylic acids is 1. The normalized spacial score (nSPS) is 13.3. The third-order valence-electron chi connectivity index (χ3n) is 2.32. The van der Waals surface area contributed by atoms with Crippen LogP contribution >= 0.6 is 0 Å². The van der Waals surface area contributed by atoms with Crippen LogP contribution in [0.5, 0.6) is 0 Å². The molecule has 1 aliphatic carbocycles. The molecular formula is C12H16FNO2. The van der Waals surface area contributed by atoms with Gasteiger partial charge in [-0.3, -0.25) is 4.79 Å². The van der Waals surface area contributed by atoms with Crippen LogP contribution in [0, 0.1) is 0 Å². The van der Waals surface area contributed by atoms with Gasteiger partial charge in [-0.1, -0.05) is 0 Å². The van der Waals surface area contributed by atoms with E-state index < -0.39 is 0 Å². The molecule has 3 nitrogen and oxygen atoms in total. The highest BCUT2D eigenvalue weighted by molar-refractivity contribution is 5.73. The fourth-order valence-electron chi connectivity index (χ4n) is 1.44. The Labute approximate surface area is 94.3 Å². The molecule has 1 aromatic rings. The number of aromatic amines is 1. The van der Waals surface area contributed by atoms with Gasteiger partial charge in [0, 0.05) is 32.3 Å². The molecule has 0 spiro atoms. The van der Waals surface area contributed by atoms with Crippen molar-refractivity contribution in [2.45, 2.75) is 19.8 Å². The SMILES string of the molecule is CCOC.O=Cc1cc2c([nH]1)CC=C(F)C2. The van der Waals surface area contributed by atoms with E-state index in [1.165, 1.54) is 6.08 Å². The summed E-state index contributed by atoms with van der Waals surface area (Å²) >= 11 is 0. The van der Waals surface area contributed by atoms with Gasteiger partial charge in [-0.15, -0.1) is 0 Å². The summed E-state index contributed by atoms with van der Waals surface area (Å²) in [4.78, 5) is 13.3. The van der Waals surface area contributed by atoms with Gasteiger partial charge in [-0.25, -0.2) is 4.39 Å². The van der Waals surface area contributed by atoms with Crippen LogP contribution in [0.4, 0.5) is 4.39 Å². The van der Waals surface area contributed by atoms with Crippen LogP contribution in [-0.4, -0.2) is 25.0 Å². The predicted molar refractivity (Wildman–Crippen MR) is 60.3 cm³/mol. The Bertz CT molecular complexity index is 380. The molecule has 88 valence electrons. The Balaban J connectivity index is 0.000000280. The molecule has 0 bridgehead atoms. The Morgan fingerprint density at radius 1 is 1.62 bits per heavy atom. The summed E-state index contributed by atoms with van der Waals surface area (Å²) in [5, 5.41) is 0. The number of halogens is 1. The number of aromatic nitrogens is 1. The Morgan fingerprint density at radius 3 is 2.88 bits per heavy atom. The van der Waals surface area contributed by atoms with E-state index in [4.69, 9.17) is 0 Å². The lowest BCUT2D eigenvalue weighted by Gasteiger charge is -2.05. The van der Waals surface area contributed by atoms with Crippen molar-refractivity contribution in [2.24, 2.45) is 0 Å². The fraction of sp³-hybridized carbons (Fsp3) is 0.417. The van der Waals surface area contributed by atoms with Gasteiger partial charge in [-0.05, 0) is 24.6 Å². The van der Waals surface area contributed by atoms with Gasteiger partial charge in [0.1, 0.15) is 5.83 Å². The minimum absolute atomic E-state index is 0.112. The molecule has 0 amide bonds. The van der Waals surface area contributed by atoms with Gasteiger partial charge in [0.2, 0.25) is 0 Å². The summed E-state index contributed by atoms with van der Waals surface area (Å²) in [6.07, 6.45) is 3.17. The van der Waals surface area contributed by atoms with Crippen molar-refractivity contribution in [3.63, 3.8) is 0 Å². The quantitative estimate of drug-likeness (QED) is 0.785. The largest absolute Gasteiger partial charge is 0.385 e. The third-order valence-corrected chi connectivity index (χ3v) is 2.32. The van der Waals surface area contributed by atoms with E-state index in [2.05, 4.69) is 9.72 Å². The third kappa shape index (κ3) is 3.31. The summed E-state index contributed by atoms with van der Waals surface area (Å²) in [6, 6.07) is 1.70. The second-order valence-corrected chi connectivity index (χ2v) is 3.46. The number of fused-ring (bicyclic) bond motifs is 1. The topological polar surface area (TPSA) is 42.1 Å². The Kier molecular flexibility index (Phi) is 4.92. The molecule has 0 saturated carbocycles. The second-order valence-electron chi connectivity index (χ2n) is 3.46. The number of ether oxygens (including phenoxy) is 1. The van der Waals surface area contributed by atoms with Gasteiger partial charge in [-0.2, -0.15) is 0 Å². The monoisotopic (exact) mass is 225 g/mol. The van der Waals surface area contributed by atoms with E-state index >= 15 is 0 Å². The summed E-state index contributed by atoms with van der Waals surface area (Å²) in [7, 11) is 1.68. The van der Waals surface area contributed by atoms with E-state index in [1.54, 1.807) is 13.2 Å². The van der Waals surface area contributed by atoms with E-state index in [-0.39, 0.29) is 5.83 Å². The zero-order valence-corrected chi connectivity index (χ0v) is 9.55. The van der Waals surface area contributed by atoms with Crippen LogP contribution in [0.25, 0.3) is 0 Å². The van der Waals surface area contributed by atoms with E-state index in [9.17, 15) is 9.18 Å². The highest BCUT2D eigenvalue weighted by Gasteiger charge is 2.13. The molecule has 0 aliphatic heterocycles. The molecule has 1 heterocycles. The molecule has 1 aromatic heterocycles. The van der Waals surface area contributed by atoms with E-state index in [0.29, 0.717) is 18.5 Å². The van der Waals surface area contributed by atoms with Crippen LogP contribution in [0.1, 0.15) is 28.7 Å². The van der Waals surface area contributed by atoms with Crippen molar-refractivity contribution >= 4 is 6.29 Å². The number of aldehydes is 1. The zero-order chi connectivity index (χ0) is 12.0. The maximum atomic E-state index is 12.7. The lowest BCUT2D eigenvalue weighted by Crippen LogP contribution is -1.97. The first kappa shape index (κ1) is 12.6. The summed E-state index contributed by atoms with van der Waals surface area (Å²) in [5.41, 5.74) is 2.39.